The van der Waals surface area contributed by atoms with E-state index in [1.54, 1.807) is 0 Å². The van der Waals surface area contributed by atoms with Crippen molar-refractivity contribution in [1.82, 2.24) is 9.97 Å². The monoisotopic (exact) mass is 249 g/mol. The van der Waals surface area contributed by atoms with Crippen LogP contribution in [0.1, 0.15) is 45.4 Å². The van der Waals surface area contributed by atoms with E-state index in [0.29, 0.717) is 11.9 Å². The number of nitrogens with two attached hydrogens (primary N) is 1. The molecule has 1 unspecified atom stereocenters. The number of nitrogens with zero attached hydrogens (tertiary/aromatic N) is 2. The number of anilines is 2. The summed E-state index contributed by atoms with van der Waals surface area (Å²) >= 11 is 0. The molecule has 5 nitrogen and oxygen atoms in total. The lowest BCUT2D eigenvalue weighted by Gasteiger charge is -2.21. The first-order chi connectivity index (χ1) is 8.72. The van der Waals surface area contributed by atoms with E-state index in [4.69, 9.17) is 5.84 Å². The van der Waals surface area contributed by atoms with Gasteiger partial charge >= 0.3 is 0 Å². The van der Waals surface area contributed by atoms with Crippen LogP contribution in [0.15, 0.2) is 6.07 Å². The van der Waals surface area contributed by atoms with Gasteiger partial charge in [-0.15, -0.1) is 0 Å². The third-order valence-corrected chi connectivity index (χ3v) is 3.72. The van der Waals surface area contributed by atoms with Gasteiger partial charge in [-0.25, -0.2) is 15.8 Å². The average Bonchev–Trinajstić information content (AvgIpc) is 2.92. The van der Waals surface area contributed by atoms with Crippen molar-refractivity contribution in [2.75, 3.05) is 10.7 Å². The van der Waals surface area contributed by atoms with E-state index < -0.39 is 0 Å². The van der Waals surface area contributed by atoms with E-state index in [1.165, 1.54) is 25.7 Å². The number of aryl methyl sites for hydroxylation is 1. The minimum Gasteiger partial charge on any atom is -0.367 e. The number of hydrazine groups is 1. The highest BCUT2D eigenvalue weighted by Gasteiger charge is 2.21. The SMILES string of the molecule is CCc1nc(NN)cc(NC(C)C2CCCC2)n1. The van der Waals surface area contributed by atoms with Gasteiger partial charge in [-0.1, -0.05) is 19.8 Å². The molecule has 1 aliphatic carbocycles. The van der Waals surface area contributed by atoms with E-state index in [9.17, 15) is 0 Å². The zero-order valence-electron chi connectivity index (χ0n) is 11.2. The van der Waals surface area contributed by atoms with E-state index in [-0.39, 0.29) is 0 Å². The molecule has 1 atom stereocenters. The van der Waals surface area contributed by atoms with Gasteiger partial charge < -0.3 is 10.7 Å². The molecule has 0 spiro atoms. The summed E-state index contributed by atoms with van der Waals surface area (Å²) in [6, 6.07) is 2.32. The van der Waals surface area contributed by atoms with Crippen molar-refractivity contribution in [1.29, 1.82) is 0 Å². The van der Waals surface area contributed by atoms with Crippen LogP contribution >= 0.6 is 0 Å². The fourth-order valence-electron chi connectivity index (χ4n) is 2.61. The van der Waals surface area contributed by atoms with Crippen molar-refractivity contribution in [2.45, 2.75) is 52.0 Å². The minimum absolute atomic E-state index is 0.456. The van der Waals surface area contributed by atoms with E-state index >= 15 is 0 Å². The van der Waals surface area contributed by atoms with Crippen molar-refractivity contribution in [3.63, 3.8) is 0 Å². The molecule has 2 rings (SSSR count). The highest BCUT2D eigenvalue weighted by molar-refractivity contribution is 5.47. The Morgan fingerprint density at radius 1 is 1.33 bits per heavy atom. The van der Waals surface area contributed by atoms with Gasteiger partial charge in [0.25, 0.3) is 0 Å². The maximum Gasteiger partial charge on any atom is 0.145 e. The van der Waals surface area contributed by atoms with Gasteiger partial charge in [0, 0.05) is 18.5 Å². The Bertz CT molecular complexity index is 365. The lowest BCUT2D eigenvalue weighted by molar-refractivity contribution is 0.481. The molecule has 4 N–H and O–H groups in total. The number of hydrogen-bond acceptors (Lipinski definition) is 5. The topological polar surface area (TPSA) is 75.9 Å². The highest BCUT2D eigenvalue weighted by Crippen LogP contribution is 2.29. The summed E-state index contributed by atoms with van der Waals surface area (Å²) in [5, 5.41) is 3.49. The molecule has 0 radical (unpaired) electrons. The van der Waals surface area contributed by atoms with Crippen molar-refractivity contribution < 1.29 is 0 Å². The Balaban J connectivity index is 2.07. The Kier molecular flexibility index (Phi) is 4.36. The second kappa shape index (κ2) is 6.00. The fraction of sp³-hybridized carbons (Fsp3) is 0.692. The lowest BCUT2D eigenvalue weighted by Crippen LogP contribution is -2.25. The molecule has 0 bridgehead atoms. The van der Waals surface area contributed by atoms with Crippen LogP contribution in [0.2, 0.25) is 0 Å². The predicted octanol–water partition coefficient (Wildman–Crippen LogP) is 2.32. The van der Waals surface area contributed by atoms with Crippen molar-refractivity contribution in [3.05, 3.63) is 11.9 Å². The number of nitrogen functional groups attached to an aromatic ring is 1. The maximum atomic E-state index is 5.43. The first-order valence-electron chi connectivity index (χ1n) is 6.84. The molecule has 100 valence electrons. The zero-order chi connectivity index (χ0) is 13.0. The Hall–Kier alpha value is -1.36. The molecule has 0 saturated heterocycles. The predicted molar refractivity (Wildman–Crippen MR) is 74.3 cm³/mol. The summed E-state index contributed by atoms with van der Waals surface area (Å²) in [5.74, 6) is 8.54. The van der Waals surface area contributed by atoms with Gasteiger partial charge in [-0.3, -0.25) is 0 Å². The fourth-order valence-corrected chi connectivity index (χ4v) is 2.61. The molecular weight excluding hydrogens is 226 g/mol. The second-order valence-corrected chi connectivity index (χ2v) is 5.03. The summed E-state index contributed by atoms with van der Waals surface area (Å²) in [6.07, 6.45) is 6.17. The summed E-state index contributed by atoms with van der Waals surface area (Å²) < 4.78 is 0. The number of nitrogens with one attached hydrogen (secondary N) is 2. The molecule has 1 aliphatic rings. The van der Waals surface area contributed by atoms with Crippen molar-refractivity contribution in [2.24, 2.45) is 11.8 Å². The average molecular weight is 249 g/mol. The zero-order valence-corrected chi connectivity index (χ0v) is 11.2. The van der Waals surface area contributed by atoms with Gasteiger partial charge in [0.1, 0.15) is 17.5 Å². The van der Waals surface area contributed by atoms with Crippen LogP contribution in [-0.4, -0.2) is 16.0 Å². The lowest BCUT2D eigenvalue weighted by atomic mass is 10.00. The number of hydrogen-bond donors (Lipinski definition) is 3. The minimum atomic E-state index is 0.456. The van der Waals surface area contributed by atoms with Crippen molar-refractivity contribution >= 4 is 11.6 Å². The number of aromatic nitrogens is 2. The molecule has 5 heteroatoms. The van der Waals surface area contributed by atoms with Gasteiger partial charge in [0.2, 0.25) is 0 Å². The molecule has 18 heavy (non-hydrogen) atoms. The van der Waals surface area contributed by atoms with Crippen LogP contribution in [0.25, 0.3) is 0 Å². The van der Waals surface area contributed by atoms with Crippen LogP contribution in [-0.2, 0) is 6.42 Å². The van der Waals surface area contributed by atoms with Crippen LogP contribution < -0.4 is 16.6 Å². The molecule has 1 aromatic rings. The van der Waals surface area contributed by atoms with Gasteiger partial charge in [0.05, 0.1) is 0 Å². The van der Waals surface area contributed by atoms with Crippen LogP contribution in [0.4, 0.5) is 11.6 Å². The smallest absolute Gasteiger partial charge is 0.145 e. The Labute approximate surface area is 109 Å². The van der Waals surface area contributed by atoms with Crippen LogP contribution in [0.3, 0.4) is 0 Å². The normalized spacial score (nSPS) is 17.7. The molecular formula is C13H23N5. The first-order valence-corrected chi connectivity index (χ1v) is 6.84. The van der Waals surface area contributed by atoms with E-state index in [1.807, 2.05) is 13.0 Å². The molecule has 1 aromatic heterocycles. The Morgan fingerprint density at radius 3 is 2.61 bits per heavy atom. The summed E-state index contributed by atoms with van der Waals surface area (Å²) in [5.41, 5.74) is 2.59. The highest BCUT2D eigenvalue weighted by atomic mass is 15.3. The van der Waals surface area contributed by atoms with Gasteiger partial charge in [0.15, 0.2) is 0 Å². The third kappa shape index (κ3) is 3.10. The summed E-state index contributed by atoms with van der Waals surface area (Å²) in [6.45, 7) is 4.28. The summed E-state index contributed by atoms with van der Waals surface area (Å²) in [7, 11) is 0. The molecule has 0 aromatic carbocycles. The third-order valence-electron chi connectivity index (χ3n) is 3.72. The van der Waals surface area contributed by atoms with E-state index in [0.717, 1.165) is 24.0 Å². The molecule has 1 saturated carbocycles. The molecule has 0 amide bonds. The van der Waals surface area contributed by atoms with Crippen LogP contribution in [0, 0.1) is 5.92 Å². The van der Waals surface area contributed by atoms with Gasteiger partial charge in [-0.05, 0) is 25.7 Å². The second-order valence-electron chi connectivity index (χ2n) is 5.03. The summed E-state index contributed by atoms with van der Waals surface area (Å²) in [4.78, 5) is 8.78. The van der Waals surface area contributed by atoms with Gasteiger partial charge in [-0.2, -0.15) is 0 Å². The quantitative estimate of drug-likeness (QED) is 0.551. The molecule has 0 aliphatic heterocycles. The standard InChI is InChI=1S/C13H23N5/c1-3-11-16-12(8-13(17-11)18-14)15-9(2)10-6-4-5-7-10/h8-10H,3-7,14H2,1-2H3,(H2,15,16,17,18). The largest absolute Gasteiger partial charge is 0.367 e. The molecule has 1 fully saturated rings. The number of rotatable bonds is 5. The van der Waals surface area contributed by atoms with E-state index in [2.05, 4.69) is 27.6 Å². The van der Waals surface area contributed by atoms with Crippen LogP contribution in [0.5, 0.6) is 0 Å². The Morgan fingerprint density at radius 2 is 2.00 bits per heavy atom. The maximum absolute atomic E-state index is 5.43. The first kappa shape index (κ1) is 13.1. The molecule has 1 heterocycles. The van der Waals surface area contributed by atoms with Crippen molar-refractivity contribution in [3.8, 4) is 0 Å².